The minimum Gasteiger partial charge on any atom is -0.356 e. The lowest BCUT2D eigenvalue weighted by atomic mass is 10.1. The molecule has 0 heterocycles. The van der Waals surface area contributed by atoms with Crippen molar-refractivity contribution < 1.29 is 4.79 Å². The molecule has 2 nitrogen and oxygen atoms in total. The van der Waals surface area contributed by atoms with Gasteiger partial charge in [0.2, 0.25) is 5.91 Å². The Labute approximate surface area is 265 Å². The van der Waals surface area contributed by atoms with E-state index in [9.17, 15) is 4.79 Å². The van der Waals surface area contributed by atoms with Crippen molar-refractivity contribution in [3.63, 3.8) is 0 Å². The standard InChI is InChI=1S/C40H77NO/c1-3-5-7-9-11-13-15-17-19-21-22-23-24-26-28-30-32-34-36-38-40(42)41-39-37-35-33-31-29-27-25-20-18-16-14-12-10-8-6-4-2/h17-20H,3-16,21-39H2,1-2H3,(H,41,42)/b19-17-,20-18+. The molecule has 0 aromatic carbocycles. The van der Waals surface area contributed by atoms with E-state index < -0.39 is 0 Å². The van der Waals surface area contributed by atoms with Crippen LogP contribution in [0.2, 0.25) is 0 Å². The summed E-state index contributed by atoms with van der Waals surface area (Å²) >= 11 is 0. The van der Waals surface area contributed by atoms with Crippen molar-refractivity contribution in [2.24, 2.45) is 0 Å². The van der Waals surface area contributed by atoms with Crippen molar-refractivity contribution in [2.45, 2.75) is 219 Å². The minimum absolute atomic E-state index is 0.267. The van der Waals surface area contributed by atoms with E-state index in [4.69, 9.17) is 0 Å². The van der Waals surface area contributed by atoms with Crippen LogP contribution in [-0.2, 0) is 4.79 Å². The van der Waals surface area contributed by atoms with Crippen LogP contribution < -0.4 is 5.32 Å². The maximum atomic E-state index is 12.1. The van der Waals surface area contributed by atoms with Crippen LogP contribution in [0.25, 0.3) is 0 Å². The third kappa shape index (κ3) is 37.0. The SMILES string of the molecule is CCCCCCCC/C=C\CCCCCCCCCCCC(=O)NCCCCCCCC/C=C/CCCCCCCC. The Kier molecular flexibility index (Phi) is 37.0. The molecular weight excluding hydrogens is 510 g/mol. The van der Waals surface area contributed by atoms with Gasteiger partial charge >= 0.3 is 0 Å². The maximum absolute atomic E-state index is 12.1. The fourth-order valence-corrected chi connectivity index (χ4v) is 5.75. The van der Waals surface area contributed by atoms with Gasteiger partial charge in [0.1, 0.15) is 0 Å². The number of hydrogen-bond donors (Lipinski definition) is 1. The Morgan fingerprint density at radius 1 is 0.381 bits per heavy atom. The molecule has 0 fully saturated rings. The van der Waals surface area contributed by atoms with Crippen LogP contribution in [0.5, 0.6) is 0 Å². The lowest BCUT2D eigenvalue weighted by molar-refractivity contribution is -0.121. The zero-order valence-corrected chi connectivity index (χ0v) is 29.1. The largest absolute Gasteiger partial charge is 0.356 e. The van der Waals surface area contributed by atoms with Crippen LogP contribution >= 0.6 is 0 Å². The molecule has 0 bridgehead atoms. The highest BCUT2D eigenvalue weighted by atomic mass is 16.1. The Morgan fingerprint density at radius 3 is 1.02 bits per heavy atom. The third-order valence-electron chi connectivity index (χ3n) is 8.68. The van der Waals surface area contributed by atoms with Crippen LogP contribution in [-0.4, -0.2) is 12.5 Å². The predicted octanol–water partition coefficient (Wildman–Crippen LogP) is 13.7. The summed E-state index contributed by atoms with van der Waals surface area (Å²) in [6.45, 7) is 5.44. The molecule has 0 aromatic rings. The fraction of sp³-hybridized carbons (Fsp3) is 0.875. The second-order valence-electron chi connectivity index (χ2n) is 13.0. The van der Waals surface area contributed by atoms with Crippen molar-refractivity contribution in [1.29, 1.82) is 0 Å². The lowest BCUT2D eigenvalue weighted by Crippen LogP contribution is -2.23. The molecule has 1 N–H and O–H groups in total. The Balaban J connectivity index is 3.21. The summed E-state index contributed by atoms with van der Waals surface area (Å²) in [5.74, 6) is 0.267. The molecule has 0 rings (SSSR count). The zero-order chi connectivity index (χ0) is 30.4. The van der Waals surface area contributed by atoms with Crippen LogP contribution in [0.15, 0.2) is 24.3 Å². The molecule has 0 aliphatic rings. The molecule has 0 unspecified atom stereocenters. The van der Waals surface area contributed by atoms with Crippen molar-refractivity contribution in [3.8, 4) is 0 Å². The fourth-order valence-electron chi connectivity index (χ4n) is 5.75. The van der Waals surface area contributed by atoms with Crippen molar-refractivity contribution in [3.05, 3.63) is 24.3 Å². The first-order valence-electron chi connectivity index (χ1n) is 19.4. The van der Waals surface area contributed by atoms with E-state index in [-0.39, 0.29) is 5.91 Å². The van der Waals surface area contributed by atoms with E-state index in [1.165, 1.54) is 186 Å². The van der Waals surface area contributed by atoms with Crippen LogP contribution in [0.1, 0.15) is 219 Å². The average molecular weight is 588 g/mol. The highest BCUT2D eigenvalue weighted by molar-refractivity contribution is 5.75. The molecule has 0 aliphatic carbocycles. The Bertz CT molecular complexity index is 566. The van der Waals surface area contributed by atoms with Crippen molar-refractivity contribution >= 4 is 5.91 Å². The van der Waals surface area contributed by atoms with Gasteiger partial charge in [-0.15, -0.1) is 0 Å². The molecule has 0 aromatic heterocycles. The highest BCUT2D eigenvalue weighted by Gasteiger charge is 2.01. The molecular formula is C40H77NO. The van der Waals surface area contributed by atoms with Crippen LogP contribution in [0.4, 0.5) is 0 Å². The first-order chi connectivity index (χ1) is 20.8. The second-order valence-corrected chi connectivity index (χ2v) is 13.0. The number of carbonyl (C=O) groups excluding carboxylic acids is 1. The third-order valence-corrected chi connectivity index (χ3v) is 8.68. The first kappa shape index (κ1) is 41.0. The predicted molar refractivity (Wildman–Crippen MR) is 190 cm³/mol. The number of rotatable bonds is 35. The van der Waals surface area contributed by atoms with E-state index in [0.29, 0.717) is 0 Å². The second kappa shape index (κ2) is 38.0. The molecule has 0 radical (unpaired) electrons. The smallest absolute Gasteiger partial charge is 0.219 e. The highest BCUT2D eigenvalue weighted by Crippen LogP contribution is 2.13. The Morgan fingerprint density at radius 2 is 0.667 bits per heavy atom. The Hall–Kier alpha value is -1.05. The summed E-state index contributed by atoms with van der Waals surface area (Å²) in [5, 5.41) is 3.14. The van der Waals surface area contributed by atoms with Gasteiger partial charge in [-0.1, -0.05) is 173 Å². The van der Waals surface area contributed by atoms with Gasteiger partial charge in [-0.2, -0.15) is 0 Å². The van der Waals surface area contributed by atoms with Gasteiger partial charge in [0.05, 0.1) is 0 Å². The topological polar surface area (TPSA) is 29.1 Å². The van der Waals surface area contributed by atoms with E-state index >= 15 is 0 Å². The van der Waals surface area contributed by atoms with Crippen LogP contribution in [0.3, 0.4) is 0 Å². The van der Waals surface area contributed by atoms with E-state index in [1.54, 1.807) is 0 Å². The number of nitrogens with one attached hydrogen (secondary N) is 1. The molecule has 2 heteroatoms. The number of hydrogen-bond acceptors (Lipinski definition) is 1. The van der Waals surface area contributed by atoms with Crippen LogP contribution in [0, 0.1) is 0 Å². The molecule has 0 saturated heterocycles. The van der Waals surface area contributed by atoms with Gasteiger partial charge in [-0.05, 0) is 64.2 Å². The maximum Gasteiger partial charge on any atom is 0.219 e. The van der Waals surface area contributed by atoms with Gasteiger partial charge in [0, 0.05) is 13.0 Å². The lowest BCUT2D eigenvalue weighted by Gasteiger charge is -2.06. The average Bonchev–Trinajstić information content (AvgIpc) is 3.00. The van der Waals surface area contributed by atoms with Gasteiger partial charge in [-0.3, -0.25) is 4.79 Å². The monoisotopic (exact) mass is 588 g/mol. The molecule has 1 amide bonds. The van der Waals surface area contributed by atoms with Crippen molar-refractivity contribution in [1.82, 2.24) is 5.32 Å². The first-order valence-corrected chi connectivity index (χ1v) is 19.4. The molecule has 0 atom stereocenters. The number of unbranched alkanes of at least 4 members (excludes halogenated alkanes) is 27. The summed E-state index contributed by atoms with van der Waals surface area (Å²) in [4.78, 5) is 12.1. The van der Waals surface area contributed by atoms with Gasteiger partial charge in [0.25, 0.3) is 0 Å². The summed E-state index contributed by atoms with van der Waals surface area (Å²) in [6, 6.07) is 0. The molecule has 0 aliphatic heterocycles. The summed E-state index contributed by atoms with van der Waals surface area (Å²) < 4.78 is 0. The summed E-state index contributed by atoms with van der Waals surface area (Å²) in [6.07, 6.45) is 51.8. The quantitative estimate of drug-likeness (QED) is 0.0580. The summed E-state index contributed by atoms with van der Waals surface area (Å²) in [5.41, 5.74) is 0. The molecule has 0 spiro atoms. The van der Waals surface area contributed by atoms with E-state index in [1.807, 2.05) is 0 Å². The van der Waals surface area contributed by atoms with Gasteiger partial charge in [0.15, 0.2) is 0 Å². The zero-order valence-electron chi connectivity index (χ0n) is 29.1. The van der Waals surface area contributed by atoms with Gasteiger partial charge in [-0.25, -0.2) is 0 Å². The number of carbonyl (C=O) groups is 1. The number of amides is 1. The number of allylic oxidation sites excluding steroid dienone is 4. The molecule has 248 valence electrons. The van der Waals surface area contributed by atoms with E-state index in [0.717, 1.165) is 25.8 Å². The van der Waals surface area contributed by atoms with Crippen molar-refractivity contribution in [2.75, 3.05) is 6.54 Å². The molecule has 42 heavy (non-hydrogen) atoms. The normalized spacial score (nSPS) is 11.8. The van der Waals surface area contributed by atoms with E-state index in [2.05, 4.69) is 43.5 Å². The minimum atomic E-state index is 0.267. The molecule has 0 saturated carbocycles. The van der Waals surface area contributed by atoms with Gasteiger partial charge < -0.3 is 5.32 Å². The summed E-state index contributed by atoms with van der Waals surface area (Å²) in [7, 11) is 0.